The highest BCUT2D eigenvalue weighted by molar-refractivity contribution is 8.18. The van der Waals surface area contributed by atoms with E-state index in [1.165, 1.54) is 5.56 Å². The van der Waals surface area contributed by atoms with Crippen molar-refractivity contribution in [1.82, 2.24) is 20.2 Å². The van der Waals surface area contributed by atoms with Crippen LogP contribution in [0.5, 0.6) is 0 Å². The van der Waals surface area contributed by atoms with Gasteiger partial charge in [-0.2, -0.15) is 4.98 Å². The van der Waals surface area contributed by atoms with Crippen molar-refractivity contribution in [3.8, 4) is 0 Å². The Hall–Kier alpha value is -2.91. The maximum atomic E-state index is 12.0. The predicted octanol–water partition coefficient (Wildman–Crippen LogP) is 3.21. The Morgan fingerprint density at radius 1 is 1.00 bits per heavy atom. The van der Waals surface area contributed by atoms with Gasteiger partial charge in [0.25, 0.3) is 11.1 Å². The van der Waals surface area contributed by atoms with E-state index in [1.54, 1.807) is 6.08 Å². The molecule has 1 saturated heterocycles. The minimum Gasteiger partial charge on any atom is -0.355 e. The quantitative estimate of drug-likeness (QED) is 0.548. The number of carbonyl (C=O) groups excluding carboxylic acids is 2. The van der Waals surface area contributed by atoms with E-state index in [1.807, 2.05) is 48.2 Å². The highest BCUT2D eigenvalue weighted by atomic mass is 32.2. The van der Waals surface area contributed by atoms with Crippen molar-refractivity contribution in [2.75, 3.05) is 50.1 Å². The molecule has 9 heteroatoms. The first-order valence-electron chi connectivity index (χ1n) is 10.7. The Morgan fingerprint density at radius 2 is 1.72 bits per heavy atom. The van der Waals surface area contributed by atoms with Crippen LogP contribution in [0.2, 0.25) is 0 Å². The lowest BCUT2D eigenvalue weighted by atomic mass is 10.2. The van der Waals surface area contributed by atoms with E-state index in [2.05, 4.69) is 41.2 Å². The molecule has 1 aliphatic heterocycles. The SMILES string of the molecule is CCN(CC)CCN(C)c1nc(C=C2SC(=O)NC2=O)cc(N(C)Cc2ccccc2)n1. The summed E-state index contributed by atoms with van der Waals surface area (Å²) < 4.78 is 0. The van der Waals surface area contributed by atoms with Crippen LogP contribution in [0, 0.1) is 0 Å². The summed E-state index contributed by atoms with van der Waals surface area (Å²) in [5.41, 5.74) is 1.76. The number of imide groups is 1. The summed E-state index contributed by atoms with van der Waals surface area (Å²) in [6.07, 6.45) is 1.65. The first kappa shape index (κ1) is 23.7. The van der Waals surface area contributed by atoms with E-state index in [4.69, 9.17) is 4.98 Å². The minimum atomic E-state index is -0.394. The van der Waals surface area contributed by atoms with Gasteiger partial charge in [-0.15, -0.1) is 0 Å². The number of hydrogen-bond donors (Lipinski definition) is 1. The number of hydrogen-bond acceptors (Lipinski definition) is 8. The van der Waals surface area contributed by atoms with Gasteiger partial charge < -0.3 is 14.7 Å². The van der Waals surface area contributed by atoms with Crippen LogP contribution in [0.25, 0.3) is 6.08 Å². The van der Waals surface area contributed by atoms with E-state index in [-0.39, 0.29) is 5.24 Å². The largest absolute Gasteiger partial charge is 0.355 e. The third-order valence-corrected chi connectivity index (χ3v) is 6.09. The van der Waals surface area contributed by atoms with Crippen molar-refractivity contribution in [2.24, 2.45) is 0 Å². The maximum Gasteiger partial charge on any atom is 0.290 e. The van der Waals surface area contributed by atoms with Crippen LogP contribution in [0.4, 0.5) is 16.6 Å². The molecule has 0 spiro atoms. The van der Waals surface area contributed by atoms with Crippen molar-refractivity contribution in [2.45, 2.75) is 20.4 Å². The predicted molar refractivity (Wildman–Crippen MR) is 131 cm³/mol. The van der Waals surface area contributed by atoms with Crippen molar-refractivity contribution < 1.29 is 9.59 Å². The number of amides is 2. The fourth-order valence-corrected chi connectivity index (χ4v) is 3.97. The van der Waals surface area contributed by atoms with Gasteiger partial charge in [0.15, 0.2) is 0 Å². The zero-order valence-electron chi connectivity index (χ0n) is 19.0. The van der Waals surface area contributed by atoms with Crippen LogP contribution in [0.15, 0.2) is 41.3 Å². The first-order chi connectivity index (χ1) is 15.4. The fraction of sp³-hybridized carbons (Fsp3) is 0.391. The molecule has 0 atom stereocenters. The zero-order valence-corrected chi connectivity index (χ0v) is 19.9. The summed E-state index contributed by atoms with van der Waals surface area (Å²) in [7, 11) is 3.95. The minimum absolute atomic E-state index is 0.335. The van der Waals surface area contributed by atoms with Gasteiger partial charge in [0, 0.05) is 39.8 Å². The van der Waals surface area contributed by atoms with Crippen molar-refractivity contribution in [3.63, 3.8) is 0 Å². The third kappa shape index (κ3) is 6.30. The number of nitrogens with one attached hydrogen (secondary N) is 1. The molecule has 1 fully saturated rings. The van der Waals surface area contributed by atoms with Gasteiger partial charge in [-0.3, -0.25) is 14.9 Å². The fourth-order valence-electron chi connectivity index (χ4n) is 3.30. The van der Waals surface area contributed by atoms with Crippen molar-refractivity contribution >= 4 is 40.8 Å². The molecule has 1 N–H and O–H groups in total. The van der Waals surface area contributed by atoms with Crippen molar-refractivity contribution in [3.05, 3.63) is 52.6 Å². The molecule has 0 radical (unpaired) electrons. The number of benzene rings is 1. The summed E-state index contributed by atoms with van der Waals surface area (Å²) in [6.45, 7) is 8.64. The normalized spacial score (nSPS) is 14.8. The summed E-state index contributed by atoms with van der Waals surface area (Å²) >= 11 is 0.887. The summed E-state index contributed by atoms with van der Waals surface area (Å²) in [5.74, 6) is 0.931. The van der Waals surface area contributed by atoms with Gasteiger partial charge in [-0.25, -0.2) is 4.98 Å². The van der Waals surface area contributed by atoms with Gasteiger partial charge in [0.2, 0.25) is 5.95 Å². The monoisotopic (exact) mass is 454 g/mol. The molecule has 0 bridgehead atoms. The standard InChI is InChI=1S/C23H30N6O2S/c1-5-29(6-2)13-12-27(3)22-24-18(14-19-21(30)26-23(31)32-19)15-20(25-22)28(4)16-17-10-8-7-9-11-17/h7-11,14-15H,5-6,12-13,16H2,1-4H3,(H,26,30,31). The Balaban J connectivity index is 1.89. The second-order valence-corrected chi connectivity index (χ2v) is 8.61. The zero-order chi connectivity index (χ0) is 23.1. The molecule has 2 amide bonds. The van der Waals surface area contributed by atoms with Crippen LogP contribution in [0.1, 0.15) is 25.1 Å². The molecule has 0 saturated carbocycles. The number of rotatable bonds is 10. The van der Waals surface area contributed by atoms with Crippen molar-refractivity contribution in [1.29, 1.82) is 0 Å². The van der Waals surface area contributed by atoms with Gasteiger partial charge in [0.1, 0.15) is 5.82 Å². The maximum absolute atomic E-state index is 12.0. The second kappa shape index (κ2) is 11.1. The molecule has 1 aromatic heterocycles. The lowest BCUT2D eigenvalue weighted by Crippen LogP contribution is -2.34. The molecule has 2 heterocycles. The number of carbonyl (C=O) groups is 2. The average Bonchev–Trinajstić information content (AvgIpc) is 3.11. The van der Waals surface area contributed by atoms with Gasteiger partial charge >= 0.3 is 0 Å². The van der Waals surface area contributed by atoms with Gasteiger partial charge in [-0.05, 0) is 36.5 Å². The molecule has 3 rings (SSSR count). The first-order valence-corrected chi connectivity index (χ1v) is 11.5. The molecule has 32 heavy (non-hydrogen) atoms. The molecule has 2 aromatic rings. The number of anilines is 2. The van der Waals surface area contributed by atoms with Crippen LogP contribution < -0.4 is 15.1 Å². The molecule has 170 valence electrons. The molecule has 1 aliphatic rings. The number of aromatic nitrogens is 2. The molecular weight excluding hydrogens is 424 g/mol. The Bertz CT molecular complexity index is 978. The second-order valence-electron chi connectivity index (χ2n) is 7.59. The molecule has 0 aliphatic carbocycles. The number of thioether (sulfide) groups is 1. The summed E-state index contributed by atoms with van der Waals surface area (Å²) in [4.78, 5) is 39.8. The number of likely N-dealkylation sites (N-methyl/N-ethyl adjacent to an activating group) is 2. The Morgan fingerprint density at radius 3 is 2.34 bits per heavy atom. The highest BCUT2D eigenvalue weighted by Gasteiger charge is 2.25. The van der Waals surface area contributed by atoms with E-state index in [9.17, 15) is 9.59 Å². The Labute approximate surface area is 193 Å². The highest BCUT2D eigenvalue weighted by Crippen LogP contribution is 2.27. The van der Waals surface area contributed by atoms with E-state index in [0.29, 0.717) is 23.1 Å². The van der Waals surface area contributed by atoms with Crippen LogP contribution in [-0.4, -0.2) is 66.3 Å². The third-order valence-electron chi connectivity index (χ3n) is 5.28. The molecule has 1 aromatic carbocycles. The van der Waals surface area contributed by atoms with Gasteiger partial charge in [-0.1, -0.05) is 44.2 Å². The summed E-state index contributed by atoms with van der Waals surface area (Å²) in [5, 5.41) is 1.92. The van der Waals surface area contributed by atoms with E-state index < -0.39 is 5.91 Å². The smallest absolute Gasteiger partial charge is 0.290 e. The lowest BCUT2D eigenvalue weighted by Gasteiger charge is -2.25. The average molecular weight is 455 g/mol. The molecule has 0 unspecified atom stereocenters. The van der Waals surface area contributed by atoms with Gasteiger partial charge in [0.05, 0.1) is 10.6 Å². The Kier molecular flexibility index (Phi) is 8.24. The van der Waals surface area contributed by atoms with E-state index in [0.717, 1.165) is 43.8 Å². The van der Waals surface area contributed by atoms with E-state index >= 15 is 0 Å². The molecular formula is C23H30N6O2S. The molecule has 8 nitrogen and oxygen atoms in total. The summed E-state index contributed by atoms with van der Waals surface area (Å²) in [6, 6.07) is 12.0. The van der Waals surface area contributed by atoms with Crippen LogP contribution in [-0.2, 0) is 11.3 Å². The van der Waals surface area contributed by atoms with Crippen LogP contribution in [0.3, 0.4) is 0 Å². The van der Waals surface area contributed by atoms with Crippen LogP contribution >= 0.6 is 11.8 Å². The lowest BCUT2D eigenvalue weighted by molar-refractivity contribution is -0.115. The number of nitrogens with zero attached hydrogens (tertiary/aromatic N) is 5. The topological polar surface area (TPSA) is 81.7 Å².